The molecule has 0 unspecified atom stereocenters. The van der Waals surface area contributed by atoms with E-state index < -0.39 is 5.97 Å². The van der Waals surface area contributed by atoms with Gasteiger partial charge in [-0.15, -0.1) is 0 Å². The van der Waals surface area contributed by atoms with Gasteiger partial charge < -0.3 is 14.6 Å². The predicted octanol–water partition coefficient (Wildman–Crippen LogP) is 0.236. The molecule has 1 aromatic heterocycles. The summed E-state index contributed by atoms with van der Waals surface area (Å²) in [7, 11) is 3.03. The Hall–Kier alpha value is -1.56. The first-order valence-electron chi connectivity index (χ1n) is 4.03. The van der Waals surface area contributed by atoms with Crippen molar-refractivity contribution in [3.63, 3.8) is 0 Å². The number of carbonyl (C=O) groups is 1. The highest BCUT2D eigenvalue weighted by molar-refractivity contribution is 5.85. The summed E-state index contributed by atoms with van der Waals surface area (Å²) in [6, 6.07) is 1.37. The molecule has 0 fully saturated rings. The zero-order valence-corrected chi connectivity index (χ0v) is 8.06. The molecule has 1 aromatic rings. The van der Waals surface area contributed by atoms with Gasteiger partial charge in [-0.1, -0.05) is 0 Å². The number of aromatic nitrogens is 2. The molecule has 0 saturated heterocycles. The molecule has 0 aliphatic carbocycles. The summed E-state index contributed by atoms with van der Waals surface area (Å²) in [6.07, 6.45) is 0. The van der Waals surface area contributed by atoms with Gasteiger partial charge in [0.15, 0.2) is 5.69 Å². The van der Waals surface area contributed by atoms with Crippen molar-refractivity contribution in [2.24, 2.45) is 0 Å². The van der Waals surface area contributed by atoms with Gasteiger partial charge in [0, 0.05) is 13.2 Å². The molecule has 1 heterocycles. The Bertz CT molecular complexity index is 321. The van der Waals surface area contributed by atoms with Gasteiger partial charge in [0.05, 0.1) is 20.3 Å². The van der Waals surface area contributed by atoms with Crippen LogP contribution in [-0.2, 0) is 11.3 Å². The minimum absolute atomic E-state index is 0.0297. The van der Waals surface area contributed by atoms with Crippen molar-refractivity contribution in [1.82, 2.24) is 9.78 Å². The van der Waals surface area contributed by atoms with Crippen LogP contribution in [0.3, 0.4) is 0 Å². The van der Waals surface area contributed by atoms with Gasteiger partial charge in [0.25, 0.3) is 0 Å². The molecule has 78 valence electrons. The van der Waals surface area contributed by atoms with Gasteiger partial charge in [0.2, 0.25) is 5.88 Å². The van der Waals surface area contributed by atoms with Crippen LogP contribution in [0.5, 0.6) is 5.88 Å². The number of carboxylic acid groups (broad SMARTS) is 1. The van der Waals surface area contributed by atoms with Crippen molar-refractivity contribution in [1.29, 1.82) is 0 Å². The van der Waals surface area contributed by atoms with E-state index in [1.165, 1.54) is 17.9 Å². The van der Waals surface area contributed by atoms with E-state index in [4.69, 9.17) is 14.6 Å². The van der Waals surface area contributed by atoms with Crippen molar-refractivity contribution in [2.45, 2.75) is 6.54 Å². The number of hydrogen-bond donors (Lipinski definition) is 1. The molecular weight excluding hydrogens is 188 g/mol. The number of methoxy groups -OCH3 is 2. The molecule has 0 aromatic carbocycles. The maximum Gasteiger partial charge on any atom is 0.356 e. The molecule has 6 nitrogen and oxygen atoms in total. The van der Waals surface area contributed by atoms with Crippen LogP contribution in [0.1, 0.15) is 10.5 Å². The lowest BCUT2D eigenvalue weighted by molar-refractivity contribution is 0.0689. The van der Waals surface area contributed by atoms with Crippen molar-refractivity contribution in [3.05, 3.63) is 11.8 Å². The minimum atomic E-state index is -1.07. The Morgan fingerprint density at radius 1 is 1.64 bits per heavy atom. The normalized spacial score (nSPS) is 10.1. The maximum atomic E-state index is 10.6. The Labute approximate surface area is 81.0 Å². The fourth-order valence-corrected chi connectivity index (χ4v) is 1.01. The van der Waals surface area contributed by atoms with Crippen LogP contribution >= 0.6 is 0 Å². The summed E-state index contributed by atoms with van der Waals surface area (Å²) in [5.74, 6) is -0.654. The van der Waals surface area contributed by atoms with E-state index in [9.17, 15) is 4.79 Å². The first kappa shape index (κ1) is 10.5. The zero-order valence-electron chi connectivity index (χ0n) is 8.06. The first-order valence-corrected chi connectivity index (χ1v) is 4.03. The van der Waals surface area contributed by atoms with Gasteiger partial charge in [0.1, 0.15) is 0 Å². The Kier molecular flexibility index (Phi) is 3.47. The molecule has 1 rings (SSSR count). The highest BCUT2D eigenvalue weighted by Crippen LogP contribution is 2.12. The largest absolute Gasteiger partial charge is 0.481 e. The third-order valence-corrected chi connectivity index (χ3v) is 1.68. The lowest BCUT2D eigenvalue weighted by Gasteiger charge is -2.03. The molecule has 14 heavy (non-hydrogen) atoms. The second-order valence-electron chi connectivity index (χ2n) is 2.59. The number of rotatable bonds is 5. The van der Waals surface area contributed by atoms with Crippen LogP contribution in [0.15, 0.2) is 6.07 Å². The van der Waals surface area contributed by atoms with Gasteiger partial charge in [-0.25, -0.2) is 9.48 Å². The first-order chi connectivity index (χ1) is 6.69. The molecule has 0 aliphatic rings. The molecule has 0 saturated carbocycles. The van der Waals surface area contributed by atoms with E-state index in [2.05, 4.69) is 5.10 Å². The Morgan fingerprint density at radius 2 is 2.36 bits per heavy atom. The number of ether oxygens (including phenoxy) is 2. The lowest BCUT2D eigenvalue weighted by atomic mass is 10.4. The highest BCUT2D eigenvalue weighted by Gasteiger charge is 2.12. The average Bonchev–Trinajstić information content (AvgIpc) is 2.57. The Morgan fingerprint density at radius 3 is 2.86 bits per heavy atom. The van der Waals surface area contributed by atoms with Gasteiger partial charge in [-0.3, -0.25) is 0 Å². The smallest absolute Gasteiger partial charge is 0.356 e. The quantitative estimate of drug-likeness (QED) is 0.736. The number of nitrogens with zero attached hydrogens (tertiary/aromatic N) is 2. The fourth-order valence-electron chi connectivity index (χ4n) is 1.01. The monoisotopic (exact) mass is 200 g/mol. The summed E-state index contributed by atoms with van der Waals surface area (Å²) in [4.78, 5) is 10.6. The van der Waals surface area contributed by atoms with Gasteiger partial charge in [-0.2, -0.15) is 5.10 Å². The van der Waals surface area contributed by atoms with E-state index in [1.54, 1.807) is 7.11 Å². The molecule has 0 spiro atoms. The van der Waals surface area contributed by atoms with E-state index in [-0.39, 0.29) is 5.69 Å². The summed E-state index contributed by atoms with van der Waals surface area (Å²) in [6.45, 7) is 0.921. The van der Waals surface area contributed by atoms with Crippen LogP contribution < -0.4 is 4.74 Å². The second kappa shape index (κ2) is 4.61. The molecule has 0 atom stereocenters. The van der Waals surface area contributed by atoms with Crippen LogP contribution in [0, 0.1) is 0 Å². The minimum Gasteiger partial charge on any atom is -0.481 e. The zero-order chi connectivity index (χ0) is 10.6. The van der Waals surface area contributed by atoms with Crippen LogP contribution in [-0.4, -0.2) is 41.7 Å². The van der Waals surface area contributed by atoms with Crippen molar-refractivity contribution < 1.29 is 19.4 Å². The second-order valence-corrected chi connectivity index (χ2v) is 2.59. The molecule has 0 amide bonds. The molecule has 0 bridgehead atoms. The maximum absolute atomic E-state index is 10.6. The lowest BCUT2D eigenvalue weighted by Crippen LogP contribution is -2.08. The van der Waals surface area contributed by atoms with Crippen LogP contribution in [0.4, 0.5) is 0 Å². The summed E-state index contributed by atoms with van der Waals surface area (Å²) in [5.41, 5.74) is -0.0297. The van der Waals surface area contributed by atoms with Crippen molar-refractivity contribution in [3.8, 4) is 5.88 Å². The standard InChI is InChI=1S/C8H12N2O4/c1-13-4-3-10-7(14-2)5-6(9-10)8(11)12/h5H,3-4H2,1-2H3,(H,11,12). The average molecular weight is 200 g/mol. The fraction of sp³-hybridized carbons (Fsp3) is 0.500. The van der Waals surface area contributed by atoms with Gasteiger partial charge in [-0.05, 0) is 0 Å². The number of hydrogen-bond acceptors (Lipinski definition) is 4. The SMILES string of the molecule is COCCn1nc(C(=O)O)cc1OC. The molecule has 0 aliphatic heterocycles. The summed E-state index contributed by atoms with van der Waals surface area (Å²) >= 11 is 0. The number of carboxylic acids is 1. The molecule has 6 heteroatoms. The summed E-state index contributed by atoms with van der Waals surface area (Å²) < 4.78 is 11.3. The van der Waals surface area contributed by atoms with E-state index in [0.29, 0.717) is 19.0 Å². The third-order valence-electron chi connectivity index (χ3n) is 1.68. The highest BCUT2D eigenvalue weighted by atomic mass is 16.5. The van der Waals surface area contributed by atoms with Gasteiger partial charge >= 0.3 is 5.97 Å². The van der Waals surface area contributed by atoms with E-state index in [0.717, 1.165) is 0 Å². The molecule has 1 N–H and O–H groups in total. The van der Waals surface area contributed by atoms with Crippen LogP contribution in [0.25, 0.3) is 0 Å². The van der Waals surface area contributed by atoms with E-state index >= 15 is 0 Å². The molecular formula is C8H12N2O4. The number of aromatic carboxylic acids is 1. The van der Waals surface area contributed by atoms with Crippen molar-refractivity contribution >= 4 is 5.97 Å². The van der Waals surface area contributed by atoms with E-state index in [1.807, 2.05) is 0 Å². The third kappa shape index (κ3) is 2.23. The topological polar surface area (TPSA) is 73.6 Å². The summed E-state index contributed by atoms with van der Waals surface area (Å²) in [5, 5.41) is 12.5. The van der Waals surface area contributed by atoms with Crippen LogP contribution in [0.2, 0.25) is 0 Å². The molecule has 0 radical (unpaired) electrons. The predicted molar refractivity (Wildman–Crippen MR) is 47.6 cm³/mol. The van der Waals surface area contributed by atoms with Crippen molar-refractivity contribution in [2.75, 3.05) is 20.8 Å². The Balaban J connectivity index is 2.85.